The Bertz CT molecular complexity index is 426. The topological polar surface area (TPSA) is 59.8 Å². The first-order chi connectivity index (χ1) is 11.3. The highest BCUT2D eigenvalue weighted by atomic mass is 16.5. The van der Waals surface area contributed by atoms with E-state index >= 15 is 0 Å². The van der Waals surface area contributed by atoms with Gasteiger partial charge < -0.3 is 19.5 Å². The Morgan fingerprint density at radius 2 is 2.17 bits per heavy atom. The quantitative estimate of drug-likeness (QED) is 0.778. The van der Waals surface area contributed by atoms with Crippen LogP contribution in [-0.2, 0) is 16.0 Å². The van der Waals surface area contributed by atoms with E-state index in [0.717, 1.165) is 39.1 Å². The second kappa shape index (κ2) is 8.78. The maximum absolute atomic E-state index is 10.1. The molecular formula is C17H29N3O3. The van der Waals surface area contributed by atoms with Gasteiger partial charge >= 0.3 is 0 Å². The number of hydrogen-bond donors (Lipinski definition) is 1. The fraction of sp³-hybridized carbons (Fsp3) is 0.824. The first-order valence-corrected chi connectivity index (χ1v) is 8.87. The van der Waals surface area contributed by atoms with Crippen LogP contribution in [0.25, 0.3) is 0 Å². The van der Waals surface area contributed by atoms with Crippen LogP contribution >= 0.6 is 0 Å². The van der Waals surface area contributed by atoms with Crippen LogP contribution in [-0.4, -0.2) is 71.4 Å². The minimum absolute atomic E-state index is 0.236. The second-order valence-corrected chi connectivity index (χ2v) is 6.80. The van der Waals surface area contributed by atoms with Crippen LogP contribution in [0.1, 0.15) is 25.7 Å². The van der Waals surface area contributed by atoms with Crippen molar-refractivity contribution in [2.75, 3.05) is 39.5 Å². The van der Waals surface area contributed by atoms with Crippen LogP contribution in [0, 0.1) is 5.92 Å². The number of aliphatic hydroxyl groups excluding tert-OH is 1. The van der Waals surface area contributed by atoms with Crippen LogP contribution in [0.5, 0.6) is 0 Å². The monoisotopic (exact) mass is 323 g/mol. The molecule has 0 aliphatic carbocycles. The zero-order chi connectivity index (χ0) is 15.9. The van der Waals surface area contributed by atoms with Gasteiger partial charge in [0.05, 0.1) is 25.4 Å². The summed E-state index contributed by atoms with van der Waals surface area (Å²) in [5.41, 5.74) is 0. The number of piperidine rings is 1. The maximum Gasteiger partial charge on any atom is 0.0900 e. The van der Waals surface area contributed by atoms with Gasteiger partial charge in [-0.3, -0.25) is 4.68 Å². The van der Waals surface area contributed by atoms with E-state index in [1.54, 1.807) is 0 Å². The van der Waals surface area contributed by atoms with E-state index in [-0.39, 0.29) is 6.10 Å². The number of hydrogen-bond acceptors (Lipinski definition) is 5. The van der Waals surface area contributed by atoms with Crippen LogP contribution < -0.4 is 0 Å². The molecule has 23 heavy (non-hydrogen) atoms. The maximum atomic E-state index is 10.1. The minimum atomic E-state index is -0.404. The van der Waals surface area contributed by atoms with Crippen molar-refractivity contribution in [3.8, 4) is 0 Å². The van der Waals surface area contributed by atoms with Crippen LogP contribution in [0.15, 0.2) is 18.5 Å². The summed E-state index contributed by atoms with van der Waals surface area (Å²) >= 11 is 0. The Labute approximate surface area is 138 Å². The zero-order valence-electron chi connectivity index (χ0n) is 13.8. The third-order valence-electron chi connectivity index (χ3n) is 4.82. The molecule has 0 bridgehead atoms. The summed E-state index contributed by atoms with van der Waals surface area (Å²) in [6.45, 7) is 5.69. The van der Waals surface area contributed by atoms with Crippen molar-refractivity contribution in [1.29, 1.82) is 0 Å². The lowest BCUT2D eigenvalue weighted by Gasteiger charge is -2.33. The van der Waals surface area contributed by atoms with Crippen molar-refractivity contribution in [2.24, 2.45) is 5.92 Å². The number of ether oxygens (including phenoxy) is 2. The normalized spacial score (nSPS) is 25.0. The van der Waals surface area contributed by atoms with Crippen molar-refractivity contribution < 1.29 is 14.6 Å². The molecule has 6 nitrogen and oxygen atoms in total. The van der Waals surface area contributed by atoms with Crippen LogP contribution in [0.4, 0.5) is 0 Å². The summed E-state index contributed by atoms with van der Waals surface area (Å²) in [5.74, 6) is 0.694. The molecule has 0 aromatic carbocycles. The van der Waals surface area contributed by atoms with Crippen molar-refractivity contribution in [3.63, 3.8) is 0 Å². The number of aromatic nitrogens is 2. The minimum Gasteiger partial charge on any atom is -0.389 e. The molecule has 2 atom stereocenters. The second-order valence-electron chi connectivity index (χ2n) is 6.80. The molecule has 2 aliphatic heterocycles. The summed E-state index contributed by atoms with van der Waals surface area (Å²) in [7, 11) is 0. The highest BCUT2D eigenvalue weighted by Crippen LogP contribution is 2.19. The Morgan fingerprint density at radius 1 is 1.30 bits per heavy atom. The van der Waals surface area contributed by atoms with Crippen LogP contribution in [0.3, 0.4) is 0 Å². The van der Waals surface area contributed by atoms with Crippen molar-refractivity contribution >= 4 is 0 Å². The molecule has 1 N–H and O–H groups in total. The lowest BCUT2D eigenvalue weighted by atomic mass is 9.96. The van der Waals surface area contributed by atoms with Gasteiger partial charge in [-0.25, -0.2) is 0 Å². The summed E-state index contributed by atoms with van der Waals surface area (Å²) < 4.78 is 13.1. The molecule has 0 amide bonds. The molecule has 2 unspecified atom stereocenters. The molecule has 3 rings (SSSR count). The lowest BCUT2D eigenvalue weighted by molar-refractivity contribution is -0.0276. The first-order valence-electron chi connectivity index (χ1n) is 8.87. The molecule has 2 saturated heterocycles. The molecule has 0 radical (unpaired) electrons. The van der Waals surface area contributed by atoms with Gasteiger partial charge in [0, 0.05) is 32.1 Å². The predicted octanol–water partition coefficient (Wildman–Crippen LogP) is 1.15. The average molecular weight is 323 g/mol. The van der Waals surface area contributed by atoms with Gasteiger partial charge in [0.2, 0.25) is 0 Å². The molecule has 0 spiro atoms. The molecule has 2 fully saturated rings. The number of aliphatic hydroxyl groups is 1. The van der Waals surface area contributed by atoms with Gasteiger partial charge in [0.1, 0.15) is 0 Å². The number of β-amino-alcohol motifs (C(OH)–C–C–N with tert-alkyl or cyclic N) is 1. The molecule has 1 aromatic rings. The van der Waals surface area contributed by atoms with E-state index in [2.05, 4.69) is 10.00 Å². The molecule has 3 heterocycles. The Balaban J connectivity index is 1.27. The number of nitrogens with zero attached hydrogens (tertiary/aromatic N) is 3. The Hall–Kier alpha value is -0.950. The predicted molar refractivity (Wildman–Crippen MR) is 87.2 cm³/mol. The van der Waals surface area contributed by atoms with Gasteiger partial charge in [0.15, 0.2) is 0 Å². The largest absolute Gasteiger partial charge is 0.389 e. The van der Waals surface area contributed by atoms with Gasteiger partial charge in [-0.2, -0.15) is 5.10 Å². The zero-order valence-corrected chi connectivity index (χ0v) is 13.8. The summed E-state index contributed by atoms with van der Waals surface area (Å²) in [4.78, 5) is 2.35. The van der Waals surface area contributed by atoms with E-state index in [9.17, 15) is 5.11 Å². The van der Waals surface area contributed by atoms with Gasteiger partial charge in [-0.1, -0.05) is 0 Å². The summed E-state index contributed by atoms with van der Waals surface area (Å²) in [6, 6.07) is 1.97. The average Bonchev–Trinajstić information content (AvgIpc) is 3.23. The highest BCUT2D eigenvalue weighted by Gasteiger charge is 2.22. The summed E-state index contributed by atoms with van der Waals surface area (Å²) in [5, 5.41) is 14.4. The van der Waals surface area contributed by atoms with Crippen molar-refractivity contribution in [3.05, 3.63) is 18.5 Å². The number of rotatable bonds is 8. The van der Waals surface area contributed by atoms with Crippen molar-refractivity contribution in [1.82, 2.24) is 14.7 Å². The standard InChI is InChI=1S/C17H29N3O3/c21-16(13-22-14-17-3-1-10-23-17)12-19-8-4-15(5-9-19)11-20-7-2-6-18-20/h2,6-7,15-17,21H,1,3-5,8-14H2. The third-order valence-corrected chi connectivity index (χ3v) is 4.82. The van der Waals surface area contributed by atoms with E-state index in [4.69, 9.17) is 9.47 Å². The molecule has 130 valence electrons. The number of likely N-dealkylation sites (tertiary alicyclic amines) is 1. The molecule has 1 aromatic heterocycles. The third kappa shape index (κ3) is 5.57. The SMILES string of the molecule is OC(COCC1CCCO1)CN1CCC(Cn2cccn2)CC1. The Kier molecular flexibility index (Phi) is 6.45. The smallest absolute Gasteiger partial charge is 0.0900 e. The highest BCUT2D eigenvalue weighted by molar-refractivity contribution is 4.80. The molecule has 0 saturated carbocycles. The van der Waals surface area contributed by atoms with E-state index in [1.807, 2.05) is 23.1 Å². The lowest BCUT2D eigenvalue weighted by Crippen LogP contribution is -2.41. The fourth-order valence-corrected chi connectivity index (χ4v) is 3.49. The van der Waals surface area contributed by atoms with Gasteiger partial charge in [-0.05, 0) is 50.8 Å². The first kappa shape index (κ1) is 16.9. The van der Waals surface area contributed by atoms with E-state index in [1.165, 1.54) is 12.8 Å². The molecular weight excluding hydrogens is 294 g/mol. The molecule has 2 aliphatic rings. The van der Waals surface area contributed by atoms with Crippen molar-refractivity contribution in [2.45, 2.75) is 44.4 Å². The van der Waals surface area contributed by atoms with Gasteiger partial charge in [-0.15, -0.1) is 0 Å². The van der Waals surface area contributed by atoms with E-state index < -0.39 is 6.10 Å². The fourth-order valence-electron chi connectivity index (χ4n) is 3.49. The van der Waals surface area contributed by atoms with E-state index in [0.29, 0.717) is 25.7 Å². The Morgan fingerprint density at radius 3 is 2.87 bits per heavy atom. The summed E-state index contributed by atoms with van der Waals surface area (Å²) in [6.07, 6.45) is 8.25. The molecule has 6 heteroatoms. The van der Waals surface area contributed by atoms with Gasteiger partial charge in [0.25, 0.3) is 0 Å². The van der Waals surface area contributed by atoms with Crippen LogP contribution in [0.2, 0.25) is 0 Å².